The Bertz CT molecular complexity index is 670. The number of hydrogen-bond donors (Lipinski definition) is 1. The summed E-state index contributed by atoms with van der Waals surface area (Å²) in [5.74, 6) is 2.38. The van der Waals surface area contributed by atoms with Crippen LogP contribution in [0.5, 0.6) is 5.75 Å². The van der Waals surface area contributed by atoms with E-state index in [4.69, 9.17) is 16.3 Å². The first-order valence-corrected chi connectivity index (χ1v) is 9.66. The Morgan fingerprint density at radius 2 is 1.96 bits per heavy atom. The molecule has 1 fully saturated rings. The standard InChI is InChI=1S/C20H23BrClNO/c1-14(2-3-15-11-23-12-15)16-5-8-19(9-6-16)24-13-17-4-7-18(22)10-20(17)21/h4-10,14-15,23H,2-3,11-13H2,1H3. The van der Waals surface area contributed by atoms with E-state index in [0.717, 1.165) is 26.7 Å². The highest BCUT2D eigenvalue weighted by atomic mass is 79.9. The molecule has 0 saturated carbocycles. The van der Waals surface area contributed by atoms with Crippen LogP contribution in [0.25, 0.3) is 0 Å². The predicted octanol–water partition coefficient (Wildman–Crippen LogP) is 5.78. The lowest BCUT2D eigenvalue weighted by Gasteiger charge is -2.28. The van der Waals surface area contributed by atoms with Crippen LogP contribution in [0.15, 0.2) is 46.9 Å². The van der Waals surface area contributed by atoms with Gasteiger partial charge in [0.25, 0.3) is 0 Å². The van der Waals surface area contributed by atoms with Crippen molar-refractivity contribution >= 4 is 27.5 Å². The molecule has 2 aromatic rings. The van der Waals surface area contributed by atoms with Crippen molar-refractivity contribution in [3.05, 3.63) is 63.1 Å². The van der Waals surface area contributed by atoms with Gasteiger partial charge in [-0.3, -0.25) is 0 Å². The summed E-state index contributed by atoms with van der Waals surface area (Å²) >= 11 is 9.49. The van der Waals surface area contributed by atoms with Gasteiger partial charge in [-0.25, -0.2) is 0 Å². The van der Waals surface area contributed by atoms with Crippen LogP contribution >= 0.6 is 27.5 Å². The van der Waals surface area contributed by atoms with Crippen LogP contribution in [0, 0.1) is 5.92 Å². The average Bonchev–Trinajstić information content (AvgIpc) is 2.53. The lowest BCUT2D eigenvalue weighted by molar-refractivity contribution is 0.305. The third kappa shape index (κ3) is 4.75. The second-order valence-corrected chi connectivity index (χ2v) is 7.89. The highest BCUT2D eigenvalue weighted by molar-refractivity contribution is 9.10. The zero-order chi connectivity index (χ0) is 16.9. The number of hydrogen-bond acceptors (Lipinski definition) is 2. The largest absolute Gasteiger partial charge is 0.489 e. The fourth-order valence-corrected chi connectivity index (χ4v) is 3.69. The molecular formula is C20H23BrClNO. The Labute approximate surface area is 157 Å². The normalized spacial score (nSPS) is 15.8. The molecule has 1 aliphatic heterocycles. The number of benzene rings is 2. The van der Waals surface area contributed by atoms with E-state index in [1.807, 2.05) is 18.2 Å². The second-order valence-electron chi connectivity index (χ2n) is 6.60. The molecule has 1 N–H and O–H groups in total. The molecule has 0 radical (unpaired) electrons. The molecule has 0 aromatic heterocycles. The summed E-state index contributed by atoms with van der Waals surface area (Å²) in [4.78, 5) is 0. The molecule has 3 rings (SSSR count). The minimum absolute atomic E-state index is 0.529. The van der Waals surface area contributed by atoms with E-state index >= 15 is 0 Å². The molecule has 2 nitrogen and oxygen atoms in total. The minimum atomic E-state index is 0.529. The van der Waals surface area contributed by atoms with Crippen molar-refractivity contribution in [1.82, 2.24) is 5.32 Å². The van der Waals surface area contributed by atoms with Gasteiger partial charge in [-0.05, 0) is 67.6 Å². The second kappa shape index (κ2) is 8.37. The Kier molecular flexibility index (Phi) is 6.20. The number of halogens is 2. The van der Waals surface area contributed by atoms with Crippen molar-refractivity contribution < 1.29 is 4.74 Å². The number of nitrogens with one attached hydrogen (secondary N) is 1. The Morgan fingerprint density at radius 1 is 1.21 bits per heavy atom. The fourth-order valence-electron chi connectivity index (χ4n) is 2.90. The van der Waals surface area contributed by atoms with Crippen molar-refractivity contribution in [2.75, 3.05) is 13.1 Å². The van der Waals surface area contributed by atoms with E-state index in [0.29, 0.717) is 12.5 Å². The van der Waals surface area contributed by atoms with E-state index in [1.54, 1.807) is 0 Å². The smallest absolute Gasteiger partial charge is 0.119 e. The van der Waals surface area contributed by atoms with Crippen molar-refractivity contribution in [3.8, 4) is 5.75 Å². The molecule has 128 valence electrons. The van der Waals surface area contributed by atoms with Gasteiger partial charge in [0, 0.05) is 15.1 Å². The number of rotatable bonds is 7. The monoisotopic (exact) mass is 407 g/mol. The van der Waals surface area contributed by atoms with Gasteiger partial charge >= 0.3 is 0 Å². The molecule has 1 unspecified atom stereocenters. The summed E-state index contributed by atoms with van der Waals surface area (Å²) in [5.41, 5.74) is 2.48. The van der Waals surface area contributed by atoms with Gasteiger partial charge in [0.05, 0.1) is 0 Å². The first kappa shape index (κ1) is 17.8. The van der Waals surface area contributed by atoms with Crippen molar-refractivity contribution in [3.63, 3.8) is 0 Å². The first-order chi connectivity index (χ1) is 11.6. The maximum atomic E-state index is 5.96. The predicted molar refractivity (Wildman–Crippen MR) is 104 cm³/mol. The van der Waals surface area contributed by atoms with E-state index in [1.165, 1.54) is 31.5 Å². The minimum Gasteiger partial charge on any atom is -0.489 e. The maximum Gasteiger partial charge on any atom is 0.119 e. The summed E-state index contributed by atoms with van der Waals surface area (Å²) in [6.07, 6.45) is 2.57. The van der Waals surface area contributed by atoms with E-state index < -0.39 is 0 Å². The van der Waals surface area contributed by atoms with Crippen LogP contribution in [-0.4, -0.2) is 13.1 Å². The summed E-state index contributed by atoms with van der Waals surface area (Å²) in [6.45, 7) is 5.23. The third-order valence-electron chi connectivity index (χ3n) is 4.73. The molecule has 4 heteroatoms. The van der Waals surface area contributed by atoms with Gasteiger partial charge in [-0.2, -0.15) is 0 Å². The number of ether oxygens (including phenoxy) is 1. The molecule has 0 amide bonds. The van der Waals surface area contributed by atoms with Crippen LogP contribution in [0.1, 0.15) is 36.8 Å². The zero-order valence-electron chi connectivity index (χ0n) is 13.9. The van der Waals surface area contributed by atoms with E-state index in [9.17, 15) is 0 Å². The van der Waals surface area contributed by atoms with Crippen molar-refractivity contribution in [2.24, 2.45) is 5.92 Å². The van der Waals surface area contributed by atoms with Gasteiger partial charge in [0.2, 0.25) is 0 Å². The molecule has 0 spiro atoms. The molecule has 1 atom stereocenters. The van der Waals surface area contributed by atoms with Gasteiger partial charge in [-0.1, -0.05) is 52.7 Å². The van der Waals surface area contributed by atoms with Crippen LogP contribution in [-0.2, 0) is 6.61 Å². The Morgan fingerprint density at radius 3 is 2.58 bits per heavy atom. The Hall–Kier alpha value is -1.03. The topological polar surface area (TPSA) is 21.3 Å². The summed E-state index contributed by atoms with van der Waals surface area (Å²) in [5, 5.41) is 4.06. The van der Waals surface area contributed by atoms with Gasteiger partial charge in [0.15, 0.2) is 0 Å². The van der Waals surface area contributed by atoms with Crippen molar-refractivity contribution in [2.45, 2.75) is 32.3 Å². The van der Waals surface area contributed by atoms with E-state index in [2.05, 4.69) is 52.4 Å². The molecule has 1 aliphatic rings. The molecule has 1 saturated heterocycles. The fraction of sp³-hybridized carbons (Fsp3) is 0.400. The molecular weight excluding hydrogens is 386 g/mol. The summed E-state index contributed by atoms with van der Waals surface area (Å²) in [7, 11) is 0. The van der Waals surface area contributed by atoms with Crippen LogP contribution in [0.2, 0.25) is 5.02 Å². The zero-order valence-corrected chi connectivity index (χ0v) is 16.2. The maximum absolute atomic E-state index is 5.96. The van der Waals surface area contributed by atoms with Gasteiger partial charge in [0.1, 0.15) is 12.4 Å². The highest BCUT2D eigenvalue weighted by Crippen LogP contribution is 2.27. The quantitative estimate of drug-likeness (QED) is 0.626. The Balaban J connectivity index is 1.51. The lowest BCUT2D eigenvalue weighted by Crippen LogP contribution is -2.41. The molecule has 1 heterocycles. The first-order valence-electron chi connectivity index (χ1n) is 8.49. The van der Waals surface area contributed by atoms with Crippen LogP contribution in [0.4, 0.5) is 0 Å². The van der Waals surface area contributed by atoms with Crippen molar-refractivity contribution in [1.29, 1.82) is 0 Å². The van der Waals surface area contributed by atoms with E-state index in [-0.39, 0.29) is 0 Å². The average molecular weight is 409 g/mol. The molecule has 24 heavy (non-hydrogen) atoms. The van der Waals surface area contributed by atoms with Crippen LogP contribution < -0.4 is 10.1 Å². The van der Waals surface area contributed by atoms with Gasteiger partial charge < -0.3 is 10.1 Å². The summed E-state index contributed by atoms with van der Waals surface area (Å²) in [6, 6.07) is 14.3. The lowest BCUT2D eigenvalue weighted by atomic mass is 9.89. The van der Waals surface area contributed by atoms with Gasteiger partial charge in [-0.15, -0.1) is 0 Å². The third-order valence-corrected chi connectivity index (χ3v) is 5.71. The van der Waals surface area contributed by atoms with Crippen LogP contribution in [0.3, 0.4) is 0 Å². The molecule has 0 aliphatic carbocycles. The molecule has 2 aromatic carbocycles. The highest BCUT2D eigenvalue weighted by Gasteiger charge is 2.17. The SMILES string of the molecule is CC(CCC1CNC1)c1ccc(OCc2ccc(Cl)cc2Br)cc1. The summed E-state index contributed by atoms with van der Waals surface area (Å²) < 4.78 is 6.87. The molecule has 0 bridgehead atoms.